The van der Waals surface area contributed by atoms with Crippen molar-refractivity contribution < 1.29 is 0 Å². The first-order valence-electron chi connectivity index (χ1n) is 26.9. The molecule has 4 bridgehead atoms. The van der Waals surface area contributed by atoms with Gasteiger partial charge < -0.3 is 9.80 Å². The topological polar surface area (TPSA) is 6.48 Å². The number of hydrogen-bond donors (Lipinski definition) is 0. The first-order valence-corrected chi connectivity index (χ1v) is 26.9. The van der Waals surface area contributed by atoms with Crippen LogP contribution in [0.4, 0.5) is 34.1 Å². The second kappa shape index (κ2) is 13.3. The van der Waals surface area contributed by atoms with Crippen molar-refractivity contribution >= 4 is 57.2 Å². The molecule has 0 saturated heterocycles. The van der Waals surface area contributed by atoms with Crippen LogP contribution in [0, 0.1) is 33.5 Å². The number of anilines is 6. The molecule has 0 radical (unpaired) electrons. The van der Waals surface area contributed by atoms with Gasteiger partial charge in [0.15, 0.2) is 0 Å². The molecule has 0 amide bonds. The Morgan fingerprint density at radius 1 is 0.408 bits per heavy atom. The summed E-state index contributed by atoms with van der Waals surface area (Å²) in [6.07, 6.45) is 7.63. The van der Waals surface area contributed by atoms with Gasteiger partial charge in [0.1, 0.15) is 0 Å². The van der Waals surface area contributed by atoms with Crippen LogP contribution in [0.5, 0.6) is 0 Å². The summed E-state index contributed by atoms with van der Waals surface area (Å²) >= 11 is 0. The standard InChI is InChI=1S/C68H61BN2/c1-63(2)43-33-35-65(63,5)67(40-43)52-25-15-13-23-48(52)50-30-29-46(37-54(50)67)70-58-28-18-17-27-56(58)69-57-38-51-49-24-14-16-26-53(49)68(41-44-34-36-66(68,6)64(44,3)4)55(51)39-60(57)71(45-21-11-8-12-22-45)62-47(31-32-59(70)61(62)69)42-19-9-7-10-20-42/h7-32,37-39,43-44H,33-36,40-41H2,1-6H3/t43-,44+,65-,66+,67-,68+/m1/s1. The van der Waals surface area contributed by atoms with Gasteiger partial charge in [0.25, 0.3) is 6.71 Å². The molecular weight excluding hydrogens is 856 g/mol. The third-order valence-corrected chi connectivity index (χ3v) is 22.6. The van der Waals surface area contributed by atoms with Gasteiger partial charge in [0, 0.05) is 44.8 Å². The lowest BCUT2D eigenvalue weighted by atomic mass is 9.33. The Labute approximate surface area is 420 Å². The van der Waals surface area contributed by atoms with Gasteiger partial charge in [-0.3, -0.25) is 0 Å². The van der Waals surface area contributed by atoms with E-state index >= 15 is 0 Å². The normalized spacial score (nSPS) is 28.5. The van der Waals surface area contributed by atoms with Crippen molar-refractivity contribution in [1.29, 1.82) is 0 Å². The second-order valence-electron chi connectivity index (χ2n) is 24.8. The number of hydrogen-bond acceptors (Lipinski definition) is 2. The molecule has 16 rings (SSSR count). The maximum Gasteiger partial charge on any atom is 0.252 e. The summed E-state index contributed by atoms with van der Waals surface area (Å²) in [6.45, 7) is 15.7. The SMILES string of the molecule is CC1(C)[C@H]2CC[C@]1(C)[C@@]1(C2)c2ccccc2-c2cc3c(cc21)N(c1ccccc1)c1c(-c2ccccc2)ccc2c1B3c1ccccc1N2c1ccc2c(c1)[C@@]1(C[C@H]3CC[C@]1(C)C3(C)C)c1ccccc1-2. The summed E-state index contributed by atoms with van der Waals surface area (Å²) in [5, 5.41) is 0. The summed E-state index contributed by atoms with van der Waals surface area (Å²) in [5.74, 6) is 1.40. The van der Waals surface area contributed by atoms with E-state index in [9.17, 15) is 0 Å². The van der Waals surface area contributed by atoms with Crippen molar-refractivity contribution in [3.05, 3.63) is 198 Å². The lowest BCUT2D eigenvalue weighted by Gasteiger charge is -2.49. The summed E-state index contributed by atoms with van der Waals surface area (Å²) in [4.78, 5) is 5.37. The molecule has 8 aromatic carbocycles. The molecule has 6 aliphatic carbocycles. The van der Waals surface area contributed by atoms with E-state index in [-0.39, 0.29) is 39.2 Å². The van der Waals surface area contributed by atoms with E-state index in [0.29, 0.717) is 11.8 Å². The van der Waals surface area contributed by atoms with Crippen molar-refractivity contribution in [3.63, 3.8) is 0 Å². The Kier molecular flexibility index (Phi) is 7.68. The van der Waals surface area contributed by atoms with Crippen LogP contribution < -0.4 is 26.2 Å². The minimum atomic E-state index is -0.0515. The first-order chi connectivity index (χ1) is 34.4. The maximum atomic E-state index is 2.73. The van der Waals surface area contributed by atoms with Gasteiger partial charge >= 0.3 is 0 Å². The van der Waals surface area contributed by atoms with Crippen molar-refractivity contribution in [1.82, 2.24) is 0 Å². The number of fused-ring (bicyclic) bond motifs is 20. The fourth-order valence-corrected chi connectivity index (χ4v) is 18.5. The average Bonchev–Trinajstić information content (AvgIpc) is 4.14. The first kappa shape index (κ1) is 41.1. The third kappa shape index (κ3) is 4.51. The van der Waals surface area contributed by atoms with Crippen LogP contribution >= 0.6 is 0 Å². The molecule has 0 N–H and O–H groups in total. The van der Waals surface area contributed by atoms with Crippen molar-refractivity contribution in [2.75, 3.05) is 9.80 Å². The molecule has 2 aliphatic heterocycles. The highest BCUT2D eigenvalue weighted by atomic mass is 15.2. The molecule has 3 heteroatoms. The van der Waals surface area contributed by atoms with E-state index in [0.717, 1.165) is 0 Å². The quantitative estimate of drug-likeness (QED) is 0.163. The van der Waals surface area contributed by atoms with Crippen molar-refractivity contribution in [2.45, 2.75) is 90.9 Å². The Hall–Kier alpha value is -6.58. The van der Waals surface area contributed by atoms with Crippen LogP contribution in [0.2, 0.25) is 0 Å². The molecule has 6 atom stereocenters. The van der Waals surface area contributed by atoms with E-state index in [1.54, 1.807) is 22.3 Å². The van der Waals surface area contributed by atoms with Crippen LogP contribution in [0.25, 0.3) is 33.4 Å². The minimum Gasteiger partial charge on any atom is -0.311 e. The zero-order chi connectivity index (χ0) is 47.6. The molecule has 2 nitrogen and oxygen atoms in total. The van der Waals surface area contributed by atoms with Crippen LogP contribution in [0.3, 0.4) is 0 Å². The van der Waals surface area contributed by atoms with Gasteiger partial charge in [-0.15, -0.1) is 0 Å². The van der Waals surface area contributed by atoms with Gasteiger partial charge in [-0.2, -0.15) is 0 Å². The fourth-order valence-electron chi connectivity index (χ4n) is 18.5. The predicted molar refractivity (Wildman–Crippen MR) is 297 cm³/mol. The molecule has 4 fully saturated rings. The molecular formula is C68H61BN2. The molecule has 4 saturated carbocycles. The Morgan fingerprint density at radius 2 is 0.958 bits per heavy atom. The molecule has 71 heavy (non-hydrogen) atoms. The van der Waals surface area contributed by atoms with E-state index in [1.165, 1.54) is 122 Å². The Bertz CT molecular complexity index is 3650. The molecule has 0 aromatic heterocycles. The van der Waals surface area contributed by atoms with Gasteiger partial charge in [-0.25, -0.2) is 0 Å². The summed E-state index contributed by atoms with van der Waals surface area (Å²) in [5.41, 5.74) is 27.0. The highest BCUT2D eigenvalue weighted by Gasteiger charge is 2.73. The van der Waals surface area contributed by atoms with E-state index in [2.05, 4.69) is 227 Å². The maximum absolute atomic E-state index is 2.73. The van der Waals surface area contributed by atoms with E-state index in [4.69, 9.17) is 0 Å². The molecule has 8 aromatic rings. The smallest absolute Gasteiger partial charge is 0.252 e. The minimum absolute atomic E-state index is 0.0162. The van der Waals surface area contributed by atoms with Crippen LogP contribution in [0.1, 0.15) is 102 Å². The zero-order valence-electron chi connectivity index (χ0n) is 42.1. The lowest BCUT2D eigenvalue weighted by Crippen LogP contribution is -2.61. The van der Waals surface area contributed by atoms with E-state index < -0.39 is 0 Å². The van der Waals surface area contributed by atoms with Crippen LogP contribution in [0.15, 0.2) is 176 Å². The van der Waals surface area contributed by atoms with Gasteiger partial charge in [0.2, 0.25) is 0 Å². The van der Waals surface area contributed by atoms with Crippen LogP contribution in [-0.4, -0.2) is 6.71 Å². The molecule has 346 valence electrons. The monoisotopic (exact) mass is 916 g/mol. The molecule has 2 heterocycles. The number of benzene rings is 8. The van der Waals surface area contributed by atoms with Gasteiger partial charge in [-0.1, -0.05) is 175 Å². The summed E-state index contributed by atoms with van der Waals surface area (Å²) < 4.78 is 0. The highest BCUT2D eigenvalue weighted by molar-refractivity contribution is 7.00. The number of para-hydroxylation sites is 2. The van der Waals surface area contributed by atoms with Crippen LogP contribution in [-0.2, 0) is 10.8 Å². The lowest BCUT2D eigenvalue weighted by molar-refractivity contribution is 0.0990. The second-order valence-corrected chi connectivity index (χ2v) is 24.8. The summed E-state index contributed by atoms with van der Waals surface area (Å²) in [6, 6.07) is 69.1. The van der Waals surface area contributed by atoms with Gasteiger partial charge in [-0.05, 0) is 181 Å². The largest absolute Gasteiger partial charge is 0.311 e. The average molecular weight is 917 g/mol. The van der Waals surface area contributed by atoms with Crippen molar-refractivity contribution in [2.24, 2.45) is 33.5 Å². The predicted octanol–water partition coefficient (Wildman–Crippen LogP) is 15.7. The van der Waals surface area contributed by atoms with Crippen molar-refractivity contribution in [3.8, 4) is 33.4 Å². The Morgan fingerprint density at radius 3 is 1.59 bits per heavy atom. The molecule has 8 aliphatic rings. The van der Waals surface area contributed by atoms with Gasteiger partial charge in [0.05, 0.1) is 5.69 Å². The zero-order valence-corrected chi connectivity index (χ0v) is 42.1. The highest BCUT2D eigenvalue weighted by Crippen LogP contribution is 2.80. The van der Waals surface area contributed by atoms with E-state index in [1.807, 2.05) is 0 Å². The molecule has 0 unspecified atom stereocenters. The number of rotatable bonds is 3. The molecule has 2 spiro atoms. The summed E-state index contributed by atoms with van der Waals surface area (Å²) in [7, 11) is 0. The Balaban J connectivity index is 0.987. The third-order valence-electron chi connectivity index (χ3n) is 22.6. The fraction of sp³-hybridized carbons (Fsp3) is 0.294. The number of nitrogens with zero attached hydrogens (tertiary/aromatic N) is 2.